The number of hydrogen-bond acceptors (Lipinski definition) is 7. The number of thiophene rings is 1. The third kappa shape index (κ3) is 4.89. The van der Waals surface area contributed by atoms with Crippen LogP contribution in [0.2, 0.25) is 0 Å². The van der Waals surface area contributed by atoms with E-state index < -0.39 is 24.5 Å². The van der Waals surface area contributed by atoms with Crippen LogP contribution in [-0.2, 0) is 19.1 Å². The zero-order chi connectivity index (χ0) is 18.4. The molecule has 0 fully saturated rings. The van der Waals surface area contributed by atoms with E-state index in [0.717, 1.165) is 11.3 Å². The third-order valence-electron chi connectivity index (χ3n) is 3.02. The molecule has 1 rings (SSSR count). The number of Topliss-reactive ketones (excluding diaryl/α,β-unsaturated/α-hetero) is 1. The van der Waals surface area contributed by atoms with E-state index in [4.69, 9.17) is 9.47 Å². The van der Waals surface area contributed by atoms with Gasteiger partial charge in [-0.25, -0.2) is 4.79 Å². The van der Waals surface area contributed by atoms with Gasteiger partial charge in [0.15, 0.2) is 12.4 Å². The van der Waals surface area contributed by atoms with Gasteiger partial charge in [-0.2, -0.15) is 0 Å². The monoisotopic (exact) mass is 355 g/mol. The SMILES string of the molecule is CCOC(=O)c1c(NC(=O)COC(=O)C(C)C)sc(C(C)=O)c1C. The summed E-state index contributed by atoms with van der Waals surface area (Å²) >= 11 is 0.994. The van der Waals surface area contributed by atoms with E-state index >= 15 is 0 Å². The molecule has 0 radical (unpaired) electrons. The van der Waals surface area contributed by atoms with E-state index in [-0.39, 0.29) is 28.9 Å². The molecule has 0 atom stereocenters. The lowest BCUT2D eigenvalue weighted by Gasteiger charge is -2.08. The van der Waals surface area contributed by atoms with Gasteiger partial charge in [0.25, 0.3) is 5.91 Å². The zero-order valence-corrected chi connectivity index (χ0v) is 15.2. The molecule has 132 valence electrons. The first-order valence-electron chi connectivity index (χ1n) is 7.46. The van der Waals surface area contributed by atoms with Crippen molar-refractivity contribution in [1.82, 2.24) is 0 Å². The first kappa shape index (κ1) is 19.8. The average molecular weight is 355 g/mol. The Kier molecular flexibility index (Phi) is 7.09. The van der Waals surface area contributed by atoms with Gasteiger partial charge in [-0.3, -0.25) is 14.4 Å². The lowest BCUT2D eigenvalue weighted by Crippen LogP contribution is -2.23. The largest absolute Gasteiger partial charge is 0.462 e. The molecule has 0 spiro atoms. The second kappa shape index (κ2) is 8.58. The molecule has 1 aromatic rings. The van der Waals surface area contributed by atoms with Crippen LogP contribution in [0.1, 0.15) is 53.3 Å². The fourth-order valence-electron chi connectivity index (χ4n) is 1.85. The normalized spacial score (nSPS) is 10.4. The number of rotatable bonds is 7. The van der Waals surface area contributed by atoms with Crippen LogP contribution < -0.4 is 5.32 Å². The summed E-state index contributed by atoms with van der Waals surface area (Å²) in [5.41, 5.74) is 0.607. The van der Waals surface area contributed by atoms with Crippen molar-refractivity contribution < 1.29 is 28.7 Å². The fourth-order valence-corrected chi connectivity index (χ4v) is 2.96. The molecular formula is C16H21NO6S. The fraction of sp³-hybridized carbons (Fsp3) is 0.500. The number of carbonyl (C=O) groups is 4. The average Bonchev–Trinajstić information content (AvgIpc) is 2.81. The van der Waals surface area contributed by atoms with Crippen LogP contribution in [0.5, 0.6) is 0 Å². The van der Waals surface area contributed by atoms with Gasteiger partial charge in [0.1, 0.15) is 5.00 Å². The predicted molar refractivity (Wildman–Crippen MR) is 89.4 cm³/mol. The van der Waals surface area contributed by atoms with Crippen molar-refractivity contribution in [2.75, 3.05) is 18.5 Å². The van der Waals surface area contributed by atoms with Crippen LogP contribution in [0.4, 0.5) is 5.00 Å². The third-order valence-corrected chi connectivity index (χ3v) is 4.32. The molecule has 1 N–H and O–H groups in total. The molecule has 7 nitrogen and oxygen atoms in total. The molecule has 1 amide bonds. The summed E-state index contributed by atoms with van der Waals surface area (Å²) in [5.74, 6) is -2.27. The van der Waals surface area contributed by atoms with Gasteiger partial charge in [0, 0.05) is 0 Å². The number of ether oxygens (including phenoxy) is 2. The van der Waals surface area contributed by atoms with Crippen molar-refractivity contribution >= 4 is 40.0 Å². The Morgan fingerprint density at radius 2 is 1.79 bits per heavy atom. The van der Waals surface area contributed by atoms with Crippen molar-refractivity contribution in [3.8, 4) is 0 Å². The highest BCUT2D eigenvalue weighted by atomic mass is 32.1. The lowest BCUT2D eigenvalue weighted by molar-refractivity contribution is -0.150. The summed E-state index contributed by atoms with van der Waals surface area (Å²) in [4.78, 5) is 47.5. The summed E-state index contributed by atoms with van der Waals surface area (Å²) in [6.07, 6.45) is 0. The first-order valence-corrected chi connectivity index (χ1v) is 8.28. The van der Waals surface area contributed by atoms with Gasteiger partial charge in [0.05, 0.1) is 23.0 Å². The van der Waals surface area contributed by atoms with Crippen molar-refractivity contribution in [2.45, 2.75) is 34.6 Å². The van der Waals surface area contributed by atoms with Crippen molar-refractivity contribution in [1.29, 1.82) is 0 Å². The highest BCUT2D eigenvalue weighted by molar-refractivity contribution is 7.18. The summed E-state index contributed by atoms with van der Waals surface area (Å²) in [7, 11) is 0. The number of anilines is 1. The maximum atomic E-state index is 12.1. The molecule has 0 unspecified atom stereocenters. The van der Waals surface area contributed by atoms with Crippen LogP contribution in [0.3, 0.4) is 0 Å². The van der Waals surface area contributed by atoms with Crippen LogP contribution >= 0.6 is 11.3 Å². The topological polar surface area (TPSA) is 98.8 Å². The standard InChI is InChI=1S/C16H21NO6S/c1-6-22-16(21)12-9(4)13(10(5)18)24-14(12)17-11(19)7-23-15(20)8(2)3/h8H,6-7H2,1-5H3,(H,17,19). The molecule has 0 saturated heterocycles. The number of ketones is 1. The lowest BCUT2D eigenvalue weighted by atomic mass is 10.1. The maximum Gasteiger partial charge on any atom is 0.341 e. The van der Waals surface area contributed by atoms with E-state index in [1.165, 1.54) is 6.92 Å². The van der Waals surface area contributed by atoms with Crippen molar-refractivity contribution in [3.05, 3.63) is 16.0 Å². The first-order chi connectivity index (χ1) is 11.2. The molecule has 24 heavy (non-hydrogen) atoms. The minimum atomic E-state index is -0.617. The van der Waals surface area contributed by atoms with Gasteiger partial charge < -0.3 is 14.8 Å². The maximum absolute atomic E-state index is 12.1. The van der Waals surface area contributed by atoms with Crippen LogP contribution in [-0.4, -0.2) is 36.8 Å². The Morgan fingerprint density at radius 3 is 2.29 bits per heavy atom. The Hall–Kier alpha value is -2.22. The molecule has 0 saturated carbocycles. The van der Waals surface area contributed by atoms with Gasteiger partial charge in [0.2, 0.25) is 0 Å². The molecule has 0 bridgehead atoms. The number of nitrogens with one attached hydrogen (secondary N) is 1. The minimum Gasteiger partial charge on any atom is -0.462 e. The van der Waals surface area contributed by atoms with Gasteiger partial charge >= 0.3 is 11.9 Å². The Balaban J connectivity index is 2.99. The summed E-state index contributed by atoms with van der Waals surface area (Å²) in [6, 6.07) is 0. The molecule has 0 aliphatic carbocycles. The van der Waals surface area contributed by atoms with Crippen LogP contribution in [0, 0.1) is 12.8 Å². The van der Waals surface area contributed by atoms with E-state index in [1.54, 1.807) is 27.7 Å². The van der Waals surface area contributed by atoms with E-state index in [9.17, 15) is 19.2 Å². The predicted octanol–water partition coefficient (Wildman–Crippen LogP) is 2.57. The molecule has 8 heteroatoms. The molecule has 0 aromatic carbocycles. The van der Waals surface area contributed by atoms with Crippen LogP contribution in [0.15, 0.2) is 0 Å². The quantitative estimate of drug-likeness (QED) is 0.596. The van der Waals surface area contributed by atoms with Gasteiger partial charge in [-0.05, 0) is 26.3 Å². The summed E-state index contributed by atoms with van der Waals surface area (Å²) in [6.45, 7) is 7.67. The molecule has 0 aliphatic rings. The van der Waals surface area contributed by atoms with Gasteiger partial charge in [-0.1, -0.05) is 13.8 Å². The second-order valence-corrected chi connectivity index (χ2v) is 6.37. The van der Waals surface area contributed by atoms with Gasteiger partial charge in [-0.15, -0.1) is 11.3 Å². The smallest absolute Gasteiger partial charge is 0.341 e. The molecule has 1 heterocycles. The highest BCUT2D eigenvalue weighted by Crippen LogP contribution is 2.34. The molecule has 1 aromatic heterocycles. The van der Waals surface area contributed by atoms with E-state index in [2.05, 4.69) is 5.32 Å². The Labute approximate surface area is 144 Å². The number of esters is 2. The van der Waals surface area contributed by atoms with Crippen molar-refractivity contribution in [2.24, 2.45) is 5.92 Å². The molecule has 0 aliphatic heterocycles. The van der Waals surface area contributed by atoms with Crippen LogP contribution in [0.25, 0.3) is 0 Å². The zero-order valence-electron chi connectivity index (χ0n) is 14.3. The number of hydrogen-bond donors (Lipinski definition) is 1. The summed E-state index contributed by atoms with van der Waals surface area (Å²) < 4.78 is 9.81. The summed E-state index contributed by atoms with van der Waals surface area (Å²) in [5, 5.41) is 2.72. The Bertz CT molecular complexity index is 662. The molecular weight excluding hydrogens is 334 g/mol. The number of amides is 1. The Morgan fingerprint density at radius 1 is 1.17 bits per heavy atom. The van der Waals surface area contributed by atoms with E-state index in [0.29, 0.717) is 10.4 Å². The van der Waals surface area contributed by atoms with E-state index in [1.807, 2.05) is 0 Å². The number of carbonyl (C=O) groups excluding carboxylic acids is 4. The minimum absolute atomic E-state index is 0.149. The highest BCUT2D eigenvalue weighted by Gasteiger charge is 2.25. The van der Waals surface area contributed by atoms with Crippen molar-refractivity contribution in [3.63, 3.8) is 0 Å². The second-order valence-electron chi connectivity index (χ2n) is 5.35.